The van der Waals surface area contributed by atoms with Gasteiger partial charge in [0.1, 0.15) is 0 Å². The van der Waals surface area contributed by atoms with E-state index in [0.717, 1.165) is 51.9 Å². The lowest BCUT2D eigenvalue weighted by Crippen LogP contribution is -2.46. The average molecular weight is 256 g/mol. The molecule has 18 heavy (non-hydrogen) atoms. The van der Waals surface area contributed by atoms with Gasteiger partial charge in [0.15, 0.2) is 0 Å². The van der Waals surface area contributed by atoms with Crippen LogP contribution in [0.4, 0.5) is 0 Å². The number of nitrogens with zero attached hydrogens (tertiary/aromatic N) is 1. The number of hydrogen-bond acceptors (Lipinski definition) is 3. The van der Waals surface area contributed by atoms with Crippen LogP contribution in [0.5, 0.6) is 0 Å². The molecule has 1 heterocycles. The predicted octanol–water partition coefficient (Wildman–Crippen LogP) is 1.79. The summed E-state index contributed by atoms with van der Waals surface area (Å²) in [4.78, 5) is 14.3. The molecule has 1 rings (SSSR count). The molecule has 0 aromatic rings. The van der Waals surface area contributed by atoms with Crippen molar-refractivity contribution in [2.24, 2.45) is 0 Å². The van der Waals surface area contributed by atoms with E-state index in [4.69, 9.17) is 4.74 Å². The first kappa shape index (κ1) is 15.4. The molecule has 0 radical (unpaired) electrons. The van der Waals surface area contributed by atoms with Crippen molar-refractivity contribution >= 4 is 5.91 Å². The number of carbonyl (C=O) groups is 1. The maximum atomic E-state index is 12.2. The summed E-state index contributed by atoms with van der Waals surface area (Å²) in [5.41, 5.74) is 0. The molecule has 0 aromatic heterocycles. The van der Waals surface area contributed by atoms with Crippen LogP contribution in [0.1, 0.15) is 46.0 Å². The van der Waals surface area contributed by atoms with Gasteiger partial charge in [-0.15, -0.1) is 0 Å². The van der Waals surface area contributed by atoms with E-state index in [1.165, 1.54) is 0 Å². The van der Waals surface area contributed by atoms with Crippen molar-refractivity contribution in [3.05, 3.63) is 0 Å². The second kappa shape index (κ2) is 9.34. The molecule has 0 saturated carbocycles. The summed E-state index contributed by atoms with van der Waals surface area (Å²) in [5.74, 6) is 0.264. The van der Waals surface area contributed by atoms with Crippen LogP contribution in [-0.4, -0.2) is 49.7 Å². The van der Waals surface area contributed by atoms with Crippen molar-refractivity contribution in [1.29, 1.82) is 0 Å². The fourth-order valence-corrected chi connectivity index (χ4v) is 2.42. The molecule has 0 spiro atoms. The molecule has 4 heteroatoms. The van der Waals surface area contributed by atoms with Crippen molar-refractivity contribution in [2.45, 2.75) is 52.0 Å². The minimum absolute atomic E-state index is 0.264. The summed E-state index contributed by atoms with van der Waals surface area (Å²) in [6, 6.07) is 0.435. The van der Waals surface area contributed by atoms with Gasteiger partial charge in [-0.1, -0.05) is 13.8 Å². The summed E-state index contributed by atoms with van der Waals surface area (Å²) < 4.78 is 5.41. The molecule has 4 nitrogen and oxygen atoms in total. The molecule has 1 saturated heterocycles. The fraction of sp³-hybridized carbons (Fsp3) is 0.929. The van der Waals surface area contributed by atoms with Crippen LogP contribution in [0, 0.1) is 0 Å². The van der Waals surface area contributed by atoms with Crippen LogP contribution in [0.2, 0.25) is 0 Å². The SMILES string of the molecule is CCCOCCC(=O)N(CCC)C1CCNCC1. The first-order valence-electron chi connectivity index (χ1n) is 7.37. The number of hydrogen-bond donors (Lipinski definition) is 1. The van der Waals surface area contributed by atoms with Gasteiger partial charge >= 0.3 is 0 Å². The van der Waals surface area contributed by atoms with Gasteiger partial charge in [0.25, 0.3) is 0 Å². The molecule has 1 N–H and O–H groups in total. The highest BCUT2D eigenvalue weighted by atomic mass is 16.5. The summed E-state index contributed by atoms with van der Waals surface area (Å²) in [7, 11) is 0. The standard InChI is InChI=1S/C14H28N2O2/c1-3-10-16(13-5-8-15-9-6-13)14(17)7-12-18-11-4-2/h13,15H,3-12H2,1-2H3. The molecular formula is C14H28N2O2. The van der Waals surface area contributed by atoms with Crippen LogP contribution in [0.3, 0.4) is 0 Å². The van der Waals surface area contributed by atoms with Crippen molar-refractivity contribution in [1.82, 2.24) is 10.2 Å². The van der Waals surface area contributed by atoms with E-state index in [0.29, 0.717) is 19.1 Å². The monoisotopic (exact) mass is 256 g/mol. The fourth-order valence-electron chi connectivity index (χ4n) is 2.42. The Labute approximate surface area is 111 Å². The van der Waals surface area contributed by atoms with E-state index in [1.807, 2.05) is 0 Å². The van der Waals surface area contributed by atoms with E-state index in [2.05, 4.69) is 24.1 Å². The quantitative estimate of drug-likeness (QED) is 0.673. The Bertz CT molecular complexity index is 228. The van der Waals surface area contributed by atoms with E-state index >= 15 is 0 Å². The number of amides is 1. The topological polar surface area (TPSA) is 41.6 Å². The largest absolute Gasteiger partial charge is 0.381 e. The molecule has 1 fully saturated rings. The Morgan fingerprint density at radius 1 is 1.22 bits per heavy atom. The molecule has 0 bridgehead atoms. The molecular weight excluding hydrogens is 228 g/mol. The third-order valence-corrected chi connectivity index (χ3v) is 3.34. The Hall–Kier alpha value is -0.610. The maximum Gasteiger partial charge on any atom is 0.225 e. The van der Waals surface area contributed by atoms with E-state index in [1.54, 1.807) is 0 Å². The molecule has 1 aliphatic rings. The number of nitrogens with one attached hydrogen (secondary N) is 1. The van der Waals surface area contributed by atoms with Crippen molar-refractivity contribution in [3.8, 4) is 0 Å². The minimum Gasteiger partial charge on any atom is -0.381 e. The van der Waals surface area contributed by atoms with Gasteiger partial charge in [0, 0.05) is 19.2 Å². The first-order valence-corrected chi connectivity index (χ1v) is 7.37. The number of piperidine rings is 1. The molecule has 1 amide bonds. The lowest BCUT2D eigenvalue weighted by atomic mass is 10.0. The zero-order valence-corrected chi connectivity index (χ0v) is 11.9. The highest BCUT2D eigenvalue weighted by Crippen LogP contribution is 2.13. The smallest absolute Gasteiger partial charge is 0.225 e. The Kier molecular flexibility index (Phi) is 8.01. The number of rotatable bonds is 8. The maximum absolute atomic E-state index is 12.2. The summed E-state index contributed by atoms with van der Waals surface area (Å²) >= 11 is 0. The van der Waals surface area contributed by atoms with E-state index in [9.17, 15) is 4.79 Å². The minimum atomic E-state index is 0.264. The summed E-state index contributed by atoms with van der Waals surface area (Å²) in [6.07, 6.45) is 4.75. The zero-order valence-electron chi connectivity index (χ0n) is 11.9. The molecule has 106 valence electrons. The Morgan fingerprint density at radius 2 is 1.94 bits per heavy atom. The van der Waals surface area contributed by atoms with Crippen LogP contribution in [0.15, 0.2) is 0 Å². The predicted molar refractivity (Wildman–Crippen MR) is 73.6 cm³/mol. The number of carbonyl (C=O) groups excluding carboxylic acids is 1. The van der Waals surface area contributed by atoms with Gasteiger partial charge in [0.2, 0.25) is 5.91 Å². The second-order valence-electron chi connectivity index (χ2n) is 4.93. The highest BCUT2D eigenvalue weighted by molar-refractivity contribution is 5.76. The Morgan fingerprint density at radius 3 is 2.56 bits per heavy atom. The van der Waals surface area contributed by atoms with Crippen LogP contribution >= 0.6 is 0 Å². The van der Waals surface area contributed by atoms with Gasteiger partial charge in [-0.3, -0.25) is 4.79 Å². The van der Waals surface area contributed by atoms with Gasteiger partial charge in [-0.25, -0.2) is 0 Å². The van der Waals surface area contributed by atoms with Gasteiger partial charge in [0.05, 0.1) is 13.0 Å². The van der Waals surface area contributed by atoms with Crippen molar-refractivity contribution in [2.75, 3.05) is 32.8 Å². The average Bonchev–Trinajstić information content (AvgIpc) is 2.41. The van der Waals surface area contributed by atoms with Gasteiger partial charge in [-0.2, -0.15) is 0 Å². The summed E-state index contributed by atoms with van der Waals surface area (Å²) in [6.45, 7) is 8.49. The molecule has 1 aliphatic heterocycles. The van der Waals surface area contributed by atoms with Gasteiger partial charge in [-0.05, 0) is 38.8 Å². The lowest BCUT2D eigenvalue weighted by Gasteiger charge is -2.34. The Balaban J connectivity index is 2.36. The zero-order chi connectivity index (χ0) is 13.2. The van der Waals surface area contributed by atoms with E-state index in [-0.39, 0.29) is 5.91 Å². The van der Waals surface area contributed by atoms with Crippen LogP contribution < -0.4 is 5.32 Å². The van der Waals surface area contributed by atoms with Crippen LogP contribution in [-0.2, 0) is 9.53 Å². The van der Waals surface area contributed by atoms with Crippen molar-refractivity contribution in [3.63, 3.8) is 0 Å². The van der Waals surface area contributed by atoms with Gasteiger partial charge < -0.3 is 15.0 Å². The molecule has 0 unspecified atom stereocenters. The molecule has 0 atom stereocenters. The van der Waals surface area contributed by atoms with E-state index < -0.39 is 0 Å². The molecule has 0 aromatic carbocycles. The summed E-state index contributed by atoms with van der Waals surface area (Å²) in [5, 5.41) is 3.35. The number of ether oxygens (including phenoxy) is 1. The third kappa shape index (κ3) is 5.36. The second-order valence-corrected chi connectivity index (χ2v) is 4.93. The van der Waals surface area contributed by atoms with Crippen LogP contribution in [0.25, 0.3) is 0 Å². The highest BCUT2D eigenvalue weighted by Gasteiger charge is 2.24. The van der Waals surface area contributed by atoms with Crippen molar-refractivity contribution < 1.29 is 9.53 Å². The first-order chi connectivity index (χ1) is 8.79. The third-order valence-electron chi connectivity index (χ3n) is 3.34. The normalized spacial score (nSPS) is 16.8. The lowest BCUT2D eigenvalue weighted by molar-refractivity contribution is -0.135. The molecule has 0 aliphatic carbocycles.